The third-order valence-electron chi connectivity index (χ3n) is 4.28. The predicted octanol–water partition coefficient (Wildman–Crippen LogP) is 7.83. The molecule has 0 heterocycles. The van der Waals surface area contributed by atoms with Crippen molar-refractivity contribution < 1.29 is 0 Å². The summed E-state index contributed by atoms with van der Waals surface area (Å²) < 4.78 is 0. The van der Waals surface area contributed by atoms with Gasteiger partial charge in [-0.2, -0.15) is 5.26 Å². The van der Waals surface area contributed by atoms with Crippen molar-refractivity contribution in [3.63, 3.8) is 0 Å². The second kappa shape index (κ2) is 17.7. The Kier molecular flexibility index (Phi) is 17.9. The Hall–Kier alpha value is 0.320. The van der Waals surface area contributed by atoms with Gasteiger partial charge in [0.25, 0.3) is 0 Å². The molecule has 0 saturated heterocycles. The van der Waals surface area contributed by atoms with Crippen LogP contribution in [0.1, 0.15) is 104 Å². The number of rotatable bonds is 16. The van der Waals surface area contributed by atoms with Crippen LogP contribution in [0.3, 0.4) is 0 Å². The molecule has 22 heavy (non-hydrogen) atoms. The number of alkyl halides is 1. The Labute approximate surface area is 152 Å². The fraction of sp³-hybridized carbons (Fsp3) is 0.947. The zero-order chi connectivity index (χ0) is 16.5. The highest BCUT2D eigenvalue weighted by Gasteiger charge is 2.18. The summed E-state index contributed by atoms with van der Waals surface area (Å²) in [5.74, 6) is 0. The summed E-state index contributed by atoms with van der Waals surface area (Å²) in [5, 5.41) is 11.8. The second-order valence-corrected chi connectivity index (χ2v) is 8.58. The molecule has 0 spiro atoms. The minimum atomic E-state index is 0.479. The van der Waals surface area contributed by atoms with E-state index in [2.05, 4.69) is 35.2 Å². The molecule has 0 saturated carbocycles. The largest absolute Gasteiger partial charge is 0.185 e. The lowest BCUT2D eigenvalue weighted by Gasteiger charge is -2.19. The van der Waals surface area contributed by atoms with Crippen LogP contribution in [-0.2, 0) is 0 Å². The van der Waals surface area contributed by atoms with E-state index < -0.39 is 0 Å². The molecule has 0 bridgehead atoms. The average Bonchev–Trinajstić information content (AvgIpc) is 2.52. The fourth-order valence-corrected chi connectivity index (χ4v) is 4.43. The van der Waals surface area contributed by atoms with Crippen molar-refractivity contribution in [1.29, 1.82) is 5.26 Å². The molecule has 130 valence electrons. The van der Waals surface area contributed by atoms with E-state index in [0.29, 0.717) is 10.1 Å². The van der Waals surface area contributed by atoms with E-state index in [-0.39, 0.29) is 0 Å². The molecule has 0 rings (SSSR count). The van der Waals surface area contributed by atoms with E-state index in [1.165, 1.54) is 102 Å². The Morgan fingerprint density at radius 3 is 1.73 bits per heavy atom. The van der Waals surface area contributed by atoms with E-state index in [1.54, 1.807) is 0 Å². The number of thioether (sulfide) groups is 1. The summed E-state index contributed by atoms with van der Waals surface area (Å²) >= 11 is 5.33. The van der Waals surface area contributed by atoms with Gasteiger partial charge in [-0.15, -0.1) is 0 Å². The molecule has 3 heteroatoms. The van der Waals surface area contributed by atoms with E-state index in [0.717, 1.165) is 0 Å². The van der Waals surface area contributed by atoms with Crippen LogP contribution in [0.15, 0.2) is 0 Å². The number of nitrogens with zero attached hydrogens (tertiary/aromatic N) is 1. The van der Waals surface area contributed by atoms with E-state index >= 15 is 0 Å². The number of nitriles is 1. The third-order valence-corrected chi connectivity index (χ3v) is 6.70. The minimum Gasteiger partial charge on any atom is -0.185 e. The first-order valence-electron chi connectivity index (χ1n) is 9.45. The number of unbranched alkanes of at least 4 members (excludes halogenated alkanes) is 10. The Morgan fingerprint density at radius 2 is 1.23 bits per heavy atom. The lowest BCUT2D eigenvalue weighted by atomic mass is 10.0. The molecule has 0 fully saturated rings. The van der Waals surface area contributed by atoms with Gasteiger partial charge in [-0.05, 0) is 24.6 Å². The number of halogens is 1. The summed E-state index contributed by atoms with van der Waals surface area (Å²) in [6.45, 7) is 4.53. The van der Waals surface area contributed by atoms with Gasteiger partial charge < -0.3 is 0 Å². The molecule has 0 aliphatic carbocycles. The standard InChI is InChI=1S/C19H36BrNS/c1-3-5-7-9-11-13-15-18(20)19(22-17-21)16-14-12-10-8-6-4-2/h18-19H,3-16H2,1-2H3. The highest BCUT2D eigenvalue weighted by atomic mass is 79.9. The second-order valence-electron chi connectivity index (χ2n) is 6.38. The van der Waals surface area contributed by atoms with Crippen molar-refractivity contribution in [2.24, 2.45) is 0 Å². The molecule has 0 aliphatic rings. The first-order valence-corrected chi connectivity index (χ1v) is 11.2. The molecule has 2 atom stereocenters. The molecule has 0 radical (unpaired) electrons. The smallest absolute Gasteiger partial charge is 0.133 e. The molecular weight excluding hydrogens is 354 g/mol. The topological polar surface area (TPSA) is 23.8 Å². The molecule has 0 aliphatic heterocycles. The van der Waals surface area contributed by atoms with Gasteiger partial charge in [0.2, 0.25) is 0 Å². The van der Waals surface area contributed by atoms with Gasteiger partial charge in [-0.25, -0.2) is 0 Å². The van der Waals surface area contributed by atoms with Gasteiger partial charge in [-0.1, -0.05) is 107 Å². The van der Waals surface area contributed by atoms with E-state index in [1.807, 2.05) is 0 Å². The van der Waals surface area contributed by atoms with Gasteiger partial charge in [0.1, 0.15) is 5.40 Å². The third kappa shape index (κ3) is 13.9. The fourth-order valence-electron chi connectivity index (χ4n) is 2.81. The maximum Gasteiger partial charge on any atom is 0.133 e. The van der Waals surface area contributed by atoms with Crippen LogP contribution in [0.4, 0.5) is 0 Å². The summed E-state index contributed by atoms with van der Waals surface area (Å²) in [6, 6.07) is 0. The SMILES string of the molecule is CCCCCCCCC(Br)C(CCCCCCCC)SC#N. The van der Waals surface area contributed by atoms with Crippen LogP contribution < -0.4 is 0 Å². The molecule has 0 N–H and O–H groups in total. The van der Waals surface area contributed by atoms with Crippen molar-refractivity contribution >= 4 is 27.7 Å². The number of hydrogen-bond donors (Lipinski definition) is 0. The Balaban J connectivity index is 3.72. The Morgan fingerprint density at radius 1 is 0.773 bits per heavy atom. The van der Waals surface area contributed by atoms with E-state index in [9.17, 15) is 0 Å². The van der Waals surface area contributed by atoms with Crippen LogP contribution >= 0.6 is 27.7 Å². The molecule has 1 nitrogen and oxygen atoms in total. The first-order chi connectivity index (χ1) is 10.8. The van der Waals surface area contributed by atoms with Crippen LogP contribution in [0, 0.1) is 10.7 Å². The van der Waals surface area contributed by atoms with Gasteiger partial charge in [0, 0.05) is 10.1 Å². The van der Waals surface area contributed by atoms with Crippen molar-refractivity contribution in [3.8, 4) is 5.40 Å². The highest BCUT2D eigenvalue weighted by molar-refractivity contribution is 9.09. The van der Waals surface area contributed by atoms with Gasteiger partial charge in [-0.3, -0.25) is 0 Å². The molecular formula is C19H36BrNS. The number of hydrogen-bond acceptors (Lipinski definition) is 2. The van der Waals surface area contributed by atoms with Crippen LogP contribution in [0.2, 0.25) is 0 Å². The zero-order valence-corrected chi connectivity index (χ0v) is 17.2. The predicted molar refractivity (Wildman–Crippen MR) is 106 cm³/mol. The number of thiocyanates is 1. The monoisotopic (exact) mass is 389 g/mol. The van der Waals surface area contributed by atoms with Crippen LogP contribution in [0.25, 0.3) is 0 Å². The lowest BCUT2D eigenvalue weighted by Crippen LogP contribution is -2.16. The first kappa shape index (κ1) is 22.3. The lowest BCUT2D eigenvalue weighted by molar-refractivity contribution is 0.548. The van der Waals surface area contributed by atoms with Crippen LogP contribution in [0.5, 0.6) is 0 Å². The van der Waals surface area contributed by atoms with E-state index in [4.69, 9.17) is 5.26 Å². The molecule has 0 aromatic rings. The zero-order valence-electron chi connectivity index (χ0n) is 14.8. The average molecular weight is 390 g/mol. The molecule has 0 amide bonds. The Bertz CT molecular complexity index is 265. The maximum atomic E-state index is 9.02. The molecule has 0 aromatic heterocycles. The molecule has 2 unspecified atom stereocenters. The van der Waals surface area contributed by atoms with Crippen molar-refractivity contribution in [1.82, 2.24) is 0 Å². The highest BCUT2D eigenvalue weighted by Crippen LogP contribution is 2.29. The normalized spacial score (nSPS) is 13.7. The minimum absolute atomic E-state index is 0.479. The quantitative estimate of drug-likeness (QED) is 0.152. The van der Waals surface area contributed by atoms with Gasteiger partial charge in [0.05, 0.1) is 0 Å². The van der Waals surface area contributed by atoms with Gasteiger partial charge >= 0.3 is 0 Å². The van der Waals surface area contributed by atoms with Gasteiger partial charge in [0.15, 0.2) is 0 Å². The van der Waals surface area contributed by atoms with Crippen molar-refractivity contribution in [3.05, 3.63) is 0 Å². The van der Waals surface area contributed by atoms with Crippen LogP contribution in [-0.4, -0.2) is 10.1 Å². The summed E-state index contributed by atoms with van der Waals surface area (Å²) in [7, 11) is 0. The summed E-state index contributed by atoms with van der Waals surface area (Å²) in [5.41, 5.74) is 0. The summed E-state index contributed by atoms with van der Waals surface area (Å²) in [4.78, 5) is 0.513. The maximum absolute atomic E-state index is 9.02. The van der Waals surface area contributed by atoms with Crippen molar-refractivity contribution in [2.45, 2.75) is 114 Å². The van der Waals surface area contributed by atoms with Crippen molar-refractivity contribution in [2.75, 3.05) is 0 Å². The summed E-state index contributed by atoms with van der Waals surface area (Å²) in [6.07, 6.45) is 18.6. The molecule has 0 aromatic carbocycles.